The first-order chi connectivity index (χ1) is 11.0. The lowest BCUT2D eigenvalue weighted by Gasteiger charge is -2.13. The molecular formula is C17H8Cl5N. The lowest BCUT2D eigenvalue weighted by atomic mass is 9.99. The highest BCUT2D eigenvalue weighted by molar-refractivity contribution is 6.38. The van der Waals surface area contributed by atoms with Gasteiger partial charge in [-0.3, -0.25) is 0 Å². The summed E-state index contributed by atoms with van der Waals surface area (Å²) in [6.45, 7) is 0. The van der Waals surface area contributed by atoms with Crippen molar-refractivity contribution >= 4 is 58.0 Å². The predicted molar refractivity (Wildman–Crippen MR) is 100 cm³/mol. The van der Waals surface area contributed by atoms with E-state index in [-0.39, 0.29) is 0 Å². The van der Waals surface area contributed by atoms with Crippen molar-refractivity contribution in [3.05, 3.63) is 73.8 Å². The molecule has 0 aliphatic rings. The maximum absolute atomic E-state index is 6.33. The molecule has 0 N–H and O–H groups in total. The summed E-state index contributed by atoms with van der Waals surface area (Å²) in [7, 11) is 0. The summed E-state index contributed by atoms with van der Waals surface area (Å²) in [5, 5.41) is 2.48. The molecule has 1 nitrogen and oxygen atoms in total. The molecule has 2 aromatic carbocycles. The predicted octanol–water partition coefficient (Wildman–Crippen LogP) is 7.68. The highest BCUT2D eigenvalue weighted by atomic mass is 35.5. The normalized spacial score (nSPS) is 10.8. The fourth-order valence-corrected chi connectivity index (χ4v) is 3.40. The van der Waals surface area contributed by atoms with Crippen molar-refractivity contribution in [2.75, 3.05) is 0 Å². The summed E-state index contributed by atoms with van der Waals surface area (Å²) >= 11 is 30.7. The van der Waals surface area contributed by atoms with Crippen LogP contribution in [0.1, 0.15) is 0 Å². The van der Waals surface area contributed by atoms with Gasteiger partial charge in [0.25, 0.3) is 0 Å². The van der Waals surface area contributed by atoms with Gasteiger partial charge in [0.1, 0.15) is 5.15 Å². The van der Waals surface area contributed by atoms with Crippen LogP contribution in [0.5, 0.6) is 0 Å². The average Bonchev–Trinajstić information content (AvgIpc) is 2.48. The second-order valence-corrected chi connectivity index (χ2v) is 6.85. The summed E-state index contributed by atoms with van der Waals surface area (Å²) in [6, 6.07) is 14.1. The number of aromatic nitrogens is 1. The number of halogens is 5. The maximum Gasteiger partial charge on any atom is 0.129 e. The van der Waals surface area contributed by atoms with Gasteiger partial charge in [0, 0.05) is 31.8 Å². The fraction of sp³-hybridized carbons (Fsp3) is 0. The highest BCUT2D eigenvalue weighted by Gasteiger charge is 2.15. The molecule has 116 valence electrons. The molecule has 1 aromatic heterocycles. The van der Waals surface area contributed by atoms with Crippen molar-refractivity contribution in [1.82, 2.24) is 4.98 Å². The lowest BCUT2D eigenvalue weighted by molar-refractivity contribution is 1.32. The Morgan fingerprint density at radius 3 is 1.65 bits per heavy atom. The Morgan fingerprint density at radius 2 is 1.09 bits per heavy atom. The number of rotatable bonds is 2. The van der Waals surface area contributed by atoms with Gasteiger partial charge in [0.2, 0.25) is 0 Å². The van der Waals surface area contributed by atoms with Gasteiger partial charge in [-0.1, -0.05) is 64.1 Å². The monoisotopic (exact) mass is 401 g/mol. The standard InChI is InChI=1S/C17H8Cl5N/c18-9-1-3-11(14(20)7-9)12-5-6-16(22)23-17(12)13-4-2-10(19)8-15(13)21/h1-8H. The second kappa shape index (κ2) is 6.88. The zero-order valence-corrected chi connectivity index (χ0v) is 15.2. The van der Waals surface area contributed by atoms with E-state index in [1.54, 1.807) is 36.4 Å². The molecule has 0 amide bonds. The smallest absolute Gasteiger partial charge is 0.129 e. The van der Waals surface area contributed by atoms with Gasteiger partial charge in [0.05, 0.1) is 10.7 Å². The largest absolute Gasteiger partial charge is 0.235 e. The Hall–Kier alpha value is -0.960. The van der Waals surface area contributed by atoms with Gasteiger partial charge < -0.3 is 0 Å². The molecule has 6 heteroatoms. The Labute approximate surface area is 158 Å². The van der Waals surface area contributed by atoms with Crippen LogP contribution < -0.4 is 0 Å². The molecule has 0 fully saturated rings. The molecule has 0 bridgehead atoms. The summed E-state index contributed by atoms with van der Waals surface area (Å²) in [5.41, 5.74) is 2.95. The van der Waals surface area contributed by atoms with Gasteiger partial charge in [-0.25, -0.2) is 4.98 Å². The molecule has 0 aliphatic carbocycles. The summed E-state index contributed by atoms with van der Waals surface area (Å²) in [6.07, 6.45) is 0. The molecule has 0 atom stereocenters. The summed E-state index contributed by atoms with van der Waals surface area (Å²) in [4.78, 5) is 4.42. The number of pyridine rings is 1. The third kappa shape index (κ3) is 3.60. The molecule has 0 spiro atoms. The molecule has 3 aromatic rings. The maximum atomic E-state index is 6.33. The van der Waals surface area contributed by atoms with Crippen molar-refractivity contribution in [2.45, 2.75) is 0 Å². The van der Waals surface area contributed by atoms with E-state index in [2.05, 4.69) is 4.98 Å². The van der Waals surface area contributed by atoms with Crippen LogP contribution in [0, 0.1) is 0 Å². The van der Waals surface area contributed by atoms with Crippen LogP contribution in [-0.4, -0.2) is 4.98 Å². The molecule has 23 heavy (non-hydrogen) atoms. The highest BCUT2D eigenvalue weighted by Crippen LogP contribution is 2.39. The zero-order chi connectivity index (χ0) is 16.6. The number of benzene rings is 2. The van der Waals surface area contributed by atoms with Gasteiger partial charge in [-0.15, -0.1) is 0 Å². The van der Waals surface area contributed by atoms with Crippen LogP contribution in [0.2, 0.25) is 25.2 Å². The van der Waals surface area contributed by atoms with Crippen molar-refractivity contribution in [1.29, 1.82) is 0 Å². The van der Waals surface area contributed by atoms with Crippen molar-refractivity contribution in [2.24, 2.45) is 0 Å². The number of nitrogens with zero attached hydrogens (tertiary/aromatic N) is 1. The van der Waals surface area contributed by atoms with E-state index in [0.29, 0.717) is 30.9 Å². The fourth-order valence-electron chi connectivity index (χ4n) is 2.25. The molecule has 0 saturated heterocycles. The zero-order valence-electron chi connectivity index (χ0n) is 11.5. The Kier molecular flexibility index (Phi) is 5.05. The third-order valence-electron chi connectivity index (χ3n) is 3.27. The van der Waals surface area contributed by atoms with E-state index in [9.17, 15) is 0 Å². The van der Waals surface area contributed by atoms with E-state index in [0.717, 1.165) is 16.7 Å². The third-order valence-corrected chi connectivity index (χ3v) is 4.57. The summed E-state index contributed by atoms with van der Waals surface area (Å²) < 4.78 is 0. The Balaban J connectivity index is 2.27. The quantitative estimate of drug-likeness (QED) is 0.400. The van der Waals surface area contributed by atoms with Crippen LogP contribution in [0.25, 0.3) is 22.4 Å². The topological polar surface area (TPSA) is 12.9 Å². The van der Waals surface area contributed by atoms with E-state index < -0.39 is 0 Å². The average molecular weight is 404 g/mol. The summed E-state index contributed by atoms with van der Waals surface area (Å²) in [5.74, 6) is 0. The van der Waals surface area contributed by atoms with Crippen molar-refractivity contribution in [3.8, 4) is 22.4 Å². The minimum absolute atomic E-state index is 0.361. The van der Waals surface area contributed by atoms with Gasteiger partial charge in [-0.05, 0) is 42.5 Å². The van der Waals surface area contributed by atoms with Crippen LogP contribution in [-0.2, 0) is 0 Å². The molecule has 3 rings (SSSR count). The molecule has 0 unspecified atom stereocenters. The molecule has 0 radical (unpaired) electrons. The van der Waals surface area contributed by atoms with Crippen LogP contribution in [0.3, 0.4) is 0 Å². The Bertz CT molecular complexity index is 892. The first-order valence-electron chi connectivity index (χ1n) is 6.53. The van der Waals surface area contributed by atoms with Crippen LogP contribution >= 0.6 is 58.0 Å². The second-order valence-electron chi connectivity index (χ2n) is 4.78. The van der Waals surface area contributed by atoms with Gasteiger partial charge >= 0.3 is 0 Å². The molecular weight excluding hydrogens is 395 g/mol. The van der Waals surface area contributed by atoms with E-state index in [1.165, 1.54) is 0 Å². The van der Waals surface area contributed by atoms with Gasteiger partial charge in [0.15, 0.2) is 0 Å². The molecule has 0 saturated carbocycles. The van der Waals surface area contributed by atoms with Gasteiger partial charge in [-0.2, -0.15) is 0 Å². The van der Waals surface area contributed by atoms with E-state index in [1.807, 2.05) is 12.1 Å². The van der Waals surface area contributed by atoms with Crippen LogP contribution in [0.15, 0.2) is 48.5 Å². The molecule has 1 heterocycles. The molecule has 0 aliphatic heterocycles. The van der Waals surface area contributed by atoms with Crippen molar-refractivity contribution in [3.63, 3.8) is 0 Å². The van der Waals surface area contributed by atoms with E-state index in [4.69, 9.17) is 58.0 Å². The lowest BCUT2D eigenvalue weighted by Crippen LogP contribution is -1.92. The van der Waals surface area contributed by atoms with Crippen LogP contribution in [0.4, 0.5) is 0 Å². The minimum atomic E-state index is 0.361. The Morgan fingerprint density at radius 1 is 0.565 bits per heavy atom. The SMILES string of the molecule is Clc1ccc(-c2ccc(Cl)nc2-c2ccc(Cl)cc2Cl)c(Cl)c1. The first kappa shape index (κ1) is 16.9. The van der Waals surface area contributed by atoms with E-state index >= 15 is 0 Å². The minimum Gasteiger partial charge on any atom is -0.235 e. The van der Waals surface area contributed by atoms with Crippen molar-refractivity contribution < 1.29 is 0 Å². The number of hydrogen-bond acceptors (Lipinski definition) is 1. The first-order valence-corrected chi connectivity index (χ1v) is 8.42. The number of hydrogen-bond donors (Lipinski definition) is 0.